The SMILES string of the molecule is CCNC(=NCc1cc(Cl)ccc1OC(F)F)NCCOC. The fourth-order valence-electron chi connectivity index (χ4n) is 1.66. The fraction of sp³-hybridized carbons (Fsp3) is 0.500. The summed E-state index contributed by atoms with van der Waals surface area (Å²) in [6.07, 6.45) is 0. The van der Waals surface area contributed by atoms with E-state index in [9.17, 15) is 8.78 Å². The maximum absolute atomic E-state index is 12.4. The largest absolute Gasteiger partial charge is 0.434 e. The molecule has 0 aliphatic carbocycles. The molecular weight excluding hydrogens is 316 g/mol. The Kier molecular flexibility index (Phi) is 8.54. The number of hydrogen-bond donors (Lipinski definition) is 2. The van der Waals surface area contributed by atoms with Crippen molar-refractivity contribution in [1.82, 2.24) is 10.6 Å². The molecule has 0 bridgehead atoms. The van der Waals surface area contributed by atoms with Crippen molar-refractivity contribution in [3.8, 4) is 5.75 Å². The number of rotatable bonds is 8. The van der Waals surface area contributed by atoms with Crippen molar-refractivity contribution in [2.45, 2.75) is 20.1 Å². The van der Waals surface area contributed by atoms with E-state index in [1.807, 2.05) is 6.92 Å². The topological polar surface area (TPSA) is 54.9 Å². The van der Waals surface area contributed by atoms with Crippen LogP contribution in [0.3, 0.4) is 0 Å². The van der Waals surface area contributed by atoms with Gasteiger partial charge in [0.2, 0.25) is 0 Å². The van der Waals surface area contributed by atoms with Gasteiger partial charge in [0.1, 0.15) is 5.75 Å². The monoisotopic (exact) mass is 335 g/mol. The Hall–Kier alpha value is -1.60. The lowest BCUT2D eigenvalue weighted by Crippen LogP contribution is -2.38. The van der Waals surface area contributed by atoms with E-state index in [-0.39, 0.29) is 12.3 Å². The van der Waals surface area contributed by atoms with Gasteiger partial charge in [0.05, 0.1) is 13.2 Å². The van der Waals surface area contributed by atoms with Gasteiger partial charge in [-0.15, -0.1) is 0 Å². The Balaban J connectivity index is 2.80. The minimum Gasteiger partial charge on any atom is -0.434 e. The van der Waals surface area contributed by atoms with E-state index in [4.69, 9.17) is 16.3 Å². The van der Waals surface area contributed by atoms with Crippen molar-refractivity contribution < 1.29 is 18.3 Å². The minimum atomic E-state index is -2.89. The molecule has 0 spiro atoms. The van der Waals surface area contributed by atoms with Gasteiger partial charge in [-0.2, -0.15) is 8.78 Å². The number of alkyl halides is 2. The molecule has 0 aliphatic rings. The number of ether oxygens (including phenoxy) is 2. The number of aliphatic imine (C=N–C) groups is 1. The van der Waals surface area contributed by atoms with Crippen molar-refractivity contribution in [1.29, 1.82) is 0 Å². The van der Waals surface area contributed by atoms with Gasteiger partial charge >= 0.3 is 6.61 Å². The molecule has 1 rings (SSSR count). The van der Waals surface area contributed by atoms with Crippen LogP contribution < -0.4 is 15.4 Å². The normalized spacial score (nSPS) is 11.6. The summed E-state index contributed by atoms with van der Waals surface area (Å²) < 4.78 is 34.2. The molecule has 0 aromatic heterocycles. The summed E-state index contributed by atoms with van der Waals surface area (Å²) in [5.41, 5.74) is 0.483. The van der Waals surface area contributed by atoms with Gasteiger partial charge in [-0.3, -0.25) is 0 Å². The van der Waals surface area contributed by atoms with Gasteiger partial charge in [-0.25, -0.2) is 4.99 Å². The standard InChI is InChI=1S/C14H20ClF2N3O2/c1-3-18-14(19-6-7-21-2)20-9-10-8-11(15)4-5-12(10)22-13(16)17/h4-5,8,13H,3,6-7,9H2,1-2H3,(H2,18,19,20). The van der Waals surface area contributed by atoms with Crippen LogP contribution in [0.4, 0.5) is 8.78 Å². The lowest BCUT2D eigenvalue weighted by Gasteiger charge is -2.12. The average Bonchev–Trinajstić information content (AvgIpc) is 2.47. The van der Waals surface area contributed by atoms with E-state index in [0.29, 0.717) is 36.2 Å². The van der Waals surface area contributed by atoms with Crippen LogP contribution in [0.2, 0.25) is 5.02 Å². The molecule has 0 atom stereocenters. The summed E-state index contributed by atoms with van der Waals surface area (Å²) in [5.74, 6) is 0.624. The zero-order valence-corrected chi connectivity index (χ0v) is 13.3. The van der Waals surface area contributed by atoms with Crippen LogP contribution in [-0.2, 0) is 11.3 Å². The van der Waals surface area contributed by atoms with Crippen molar-refractivity contribution in [3.63, 3.8) is 0 Å². The van der Waals surface area contributed by atoms with Gasteiger partial charge in [0.15, 0.2) is 5.96 Å². The predicted molar refractivity (Wildman–Crippen MR) is 82.8 cm³/mol. The highest BCUT2D eigenvalue weighted by Gasteiger charge is 2.10. The third-order valence-corrected chi connectivity index (χ3v) is 2.82. The van der Waals surface area contributed by atoms with E-state index >= 15 is 0 Å². The van der Waals surface area contributed by atoms with Gasteiger partial charge < -0.3 is 20.1 Å². The predicted octanol–water partition coefficient (Wildman–Crippen LogP) is 2.64. The molecule has 0 radical (unpaired) electrons. The van der Waals surface area contributed by atoms with E-state index in [0.717, 1.165) is 0 Å². The van der Waals surface area contributed by atoms with Crippen LogP contribution in [0.25, 0.3) is 0 Å². The summed E-state index contributed by atoms with van der Waals surface area (Å²) in [5, 5.41) is 6.54. The minimum absolute atomic E-state index is 0.0656. The number of halogens is 3. The first-order valence-corrected chi connectivity index (χ1v) is 7.19. The van der Waals surface area contributed by atoms with Crippen molar-refractivity contribution in [3.05, 3.63) is 28.8 Å². The van der Waals surface area contributed by atoms with E-state index < -0.39 is 6.61 Å². The third-order valence-electron chi connectivity index (χ3n) is 2.59. The fourth-order valence-corrected chi connectivity index (χ4v) is 1.85. The number of nitrogens with zero attached hydrogens (tertiary/aromatic N) is 1. The van der Waals surface area contributed by atoms with E-state index in [2.05, 4.69) is 20.4 Å². The molecule has 1 aromatic rings. The molecule has 0 heterocycles. The lowest BCUT2D eigenvalue weighted by molar-refractivity contribution is -0.0504. The summed E-state index contributed by atoms with van der Waals surface area (Å²) in [6, 6.07) is 4.46. The Morgan fingerprint density at radius 1 is 1.36 bits per heavy atom. The highest BCUT2D eigenvalue weighted by Crippen LogP contribution is 2.25. The maximum Gasteiger partial charge on any atom is 0.387 e. The van der Waals surface area contributed by atoms with Crippen LogP contribution in [0, 0.1) is 0 Å². The number of methoxy groups -OCH3 is 1. The summed E-state index contributed by atoms with van der Waals surface area (Å²) in [4.78, 5) is 4.32. The Labute approximate surface area is 133 Å². The smallest absolute Gasteiger partial charge is 0.387 e. The number of hydrogen-bond acceptors (Lipinski definition) is 3. The van der Waals surface area contributed by atoms with Crippen LogP contribution in [0.1, 0.15) is 12.5 Å². The average molecular weight is 336 g/mol. The molecule has 0 saturated heterocycles. The molecule has 0 aliphatic heterocycles. The molecular formula is C14H20ClF2N3O2. The van der Waals surface area contributed by atoms with Gasteiger partial charge in [0, 0.05) is 30.8 Å². The lowest BCUT2D eigenvalue weighted by atomic mass is 10.2. The quantitative estimate of drug-likeness (QED) is 0.435. The van der Waals surface area contributed by atoms with Crippen molar-refractivity contribution in [2.24, 2.45) is 4.99 Å². The number of guanidine groups is 1. The summed E-state index contributed by atoms with van der Waals surface area (Å²) in [7, 11) is 1.60. The maximum atomic E-state index is 12.4. The van der Waals surface area contributed by atoms with Crippen LogP contribution in [0.5, 0.6) is 5.75 Å². The van der Waals surface area contributed by atoms with Gasteiger partial charge in [0.25, 0.3) is 0 Å². The second-order valence-electron chi connectivity index (χ2n) is 4.25. The Morgan fingerprint density at radius 2 is 2.14 bits per heavy atom. The second kappa shape index (κ2) is 10.2. The van der Waals surface area contributed by atoms with E-state index in [1.54, 1.807) is 13.2 Å². The Bertz CT molecular complexity index is 487. The summed E-state index contributed by atoms with van der Waals surface area (Å²) >= 11 is 5.89. The van der Waals surface area contributed by atoms with Gasteiger partial charge in [-0.05, 0) is 25.1 Å². The van der Waals surface area contributed by atoms with Crippen molar-refractivity contribution in [2.75, 3.05) is 26.8 Å². The zero-order chi connectivity index (χ0) is 16.4. The molecule has 2 N–H and O–H groups in total. The first-order chi connectivity index (χ1) is 10.6. The zero-order valence-electron chi connectivity index (χ0n) is 12.5. The molecule has 0 amide bonds. The Morgan fingerprint density at radius 3 is 2.77 bits per heavy atom. The van der Waals surface area contributed by atoms with Crippen LogP contribution in [0.15, 0.2) is 23.2 Å². The summed E-state index contributed by atoms with van der Waals surface area (Å²) in [6.45, 7) is 0.981. The number of nitrogens with one attached hydrogen (secondary N) is 2. The molecule has 22 heavy (non-hydrogen) atoms. The van der Waals surface area contributed by atoms with Crippen molar-refractivity contribution >= 4 is 17.6 Å². The molecule has 1 aromatic carbocycles. The number of benzene rings is 1. The van der Waals surface area contributed by atoms with E-state index in [1.165, 1.54) is 12.1 Å². The molecule has 0 fully saturated rings. The molecule has 0 unspecified atom stereocenters. The molecule has 5 nitrogen and oxygen atoms in total. The molecule has 8 heteroatoms. The first-order valence-electron chi connectivity index (χ1n) is 6.81. The highest BCUT2D eigenvalue weighted by molar-refractivity contribution is 6.30. The van der Waals surface area contributed by atoms with Gasteiger partial charge in [-0.1, -0.05) is 11.6 Å². The second-order valence-corrected chi connectivity index (χ2v) is 4.68. The van der Waals surface area contributed by atoms with Crippen LogP contribution >= 0.6 is 11.6 Å². The highest BCUT2D eigenvalue weighted by atomic mass is 35.5. The molecule has 124 valence electrons. The first kappa shape index (κ1) is 18.4. The third kappa shape index (κ3) is 6.91. The molecule has 0 saturated carbocycles. The van der Waals surface area contributed by atoms with Crippen LogP contribution in [-0.4, -0.2) is 39.4 Å².